The van der Waals surface area contributed by atoms with Crippen LogP contribution in [0.3, 0.4) is 0 Å². The van der Waals surface area contributed by atoms with Gasteiger partial charge in [-0.25, -0.2) is 15.0 Å². The summed E-state index contributed by atoms with van der Waals surface area (Å²) in [6, 6.07) is 55.5. The van der Waals surface area contributed by atoms with E-state index in [1.807, 2.05) is 30.6 Å². The van der Waals surface area contributed by atoms with Gasteiger partial charge in [0.2, 0.25) is 0 Å². The molecule has 0 spiro atoms. The zero-order valence-electron chi connectivity index (χ0n) is 26.5. The molecule has 0 fully saturated rings. The maximum Gasteiger partial charge on any atom is 0.163 e. The second kappa shape index (κ2) is 10.8. The molecule has 1 aliphatic carbocycles. The molecule has 1 atom stereocenters. The van der Waals surface area contributed by atoms with Crippen molar-refractivity contribution in [1.82, 2.24) is 19.9 Å². The summed E-state index contributed by atoms with van der Waals surface area (Å²) in [5, 5.41) is 7.27. The molecule has 49 heavy (non-hydrogen) atoms. The molecule has 0 saturated carbocycles. The molecule has 1 unspecified atom stereocenters. The van der Waals surface area contributed by atoms with Crippen LogP contribution in [-0.2, 0) is 5.41 Å². The van der Waals surface area contributed by atoms with Crippen LogP contribution < -0.4 is 0 Å². The van der Waals surface area contributed by atoms with Crippen molar-refractivity contribution in [2.75, 3.05) is 0 Å². The van der Waals surface area contributed by atoms with E-state index in [9.17, 15) is 0 Å². The van der Waals surface area contributed by atoms with Crippen molar-refractivity contribution in [3.63, 3.8) is 0 Å². The molecule has 9 aromatic rings. The van der Waals surface area contributed by atoms with E-state index in [0.717, 1.165) is 38.9 Å². The largest absolute Gasteiger partial charge is 0.264 e. The first-order valence-corrected chi connectivity index (χ1v) is 16.6. The fourth-order valence-electron chi connectivity index (χ4n) is 7.83. The molecule has 10 rings (SSSR count). The van der Waals surface area contributed by atoms with Crippen molar-refractivity contribution in [2.45, 2.75) is 5.41 Å². The Balaban J connectivity index is 1.29. The molecule has 0 saturated heterocycles. The Hall–Kier alpha value is -6.52. The first-order chi connectivity index (χ1) is 24.3. The number of nitrogens with zero attached hydrogens (tertiary/aromatic N) is 4. The highest BCUT2D eigenvalue weighted by molar-refractivity contribution is 6.17. The van der Waals surface area contributed by atoms with Crippen LogP contribution in [0, 0.1) is 0 Å². The molecule has 0 radical (unpaired) electrons. The molecule has 2 heterocycles. The molecule has 0 bridgehead atoms. The predicted octanol–water partition coefficient (Wildman–Crippen LogP) is 10.4. The van der Waals surface area contributed by atoms with Gasteiger partial charge in [-0.1, -0.05) is 146 Å². The zero-order valence-corrected chi connectivity index (χ0v) is 26.5. The molecule has 0 N–H and O–H groups in total. The van der Waals surface area contributed by atoms with Gasteiger partial charge in [-0.3, -0.25) is 4.98 Å². The van der Waals surface area contributed by atoms with Gasteiger partial charge in [0.15, 0.2) is 17.5 Å². The summed E-state index contributed by atoms with van der Waals surface area (Å²) in [6.07, 6.45) is 3.86. The minimum absolute atomic E-state index is 0.633. The van der Waals surface area contributed by atoms with Crippen LogP contribution in [0.4, 0.5) is 0 Å². The van der Waals surface area contributed by atoms with E-state index in [0.29, 0.717) is 17.5 Å². The lowest BCUT2D eigenvalue weighted by Crippen LogP contribution is -2.32. The molecule has 4 nitrogen and oxygen atoms in total. The highest BCUT2D eigenvalue weighted by Crippen LogP contribution is 2.55. The second-order valence-electron chi connectivity index (χ2n) is 12.6. The Morgan fingerprint density at radius 2 is 1.04 bits per heavy atom. The smallest absolute Gasteiger partial charge is 0.163 e. The summed E-state index contributed by atoms with van der Waals surface area (Å²) in [7, 11) is 0. The van der Waals surface area contributed by atoms with E-state index < -0.39 is 5.41 Å². The third-order valence-corrected chi connectivity index (χ3v) is 10.1. The Morgan fingerprint density at radius 1 is 0.408 bits per heavy atom. The van der Waals surface area contributed by atoms with Crippen LogP contribution in [0.5, 0.6) is 0 Å². The molecule has 228 valence electrons. The van der Waals surface area contributed by atoms with Crippen molar-refractivity contribution >= 4 is 32.3 Å². The van der Waals surface area contributed by atoms with Gasteiger partial charge in [0.25, 0.3) is 0 Å². The lowest BCUT2D eigenvalue weighted by atomic mass is 9.72. The highest BCUT2D eigenvalue weighted by Gasteiger charge is 2.49. The average molecular weight is 625 g/mol. The van der Waals surface area contributed by atoms with E-state index in [1.165, 1.54) is 32.3 Å². The van der Waals surface area contributed by atoms with Gasteiger partial charge in [0.05, 0.1) is 0 Å². The average Bonchev–Trinajstić information content (AvgIpc) is 3.49. The summed E-state index contributed by atoms with van der Waals surface area (Å²) in [5.74, 6) is 1.94. The number of aromatic nitrogens is 4. The third-order valence-electron chi connectivity index (χ3n) is 10.1. The van der Waals surface area contributed by atoms with Gasteiger partial charge in [0, 0.05) is 29.1 Å². The summed E-state index contributed by atoms with van der Waals surface area (Å²) >= 11 is 0. The summed E-state index contributed by atoms with van der Waals surface area (Å²) in [6.45, 7) is 0. The number of rotatable bonds is 4. The van der Waals surface area contributed by atoms with Crippen molar-refractivity contribution < 1.29 is 0 Å². The van der Waals surface area contributed by atoms with E-state index >= 15 is 0 Å². The van der Waals surface area contributed by atoms with E-state index in [4.69, 9.17) is 15.0 Å². The Kier molecular flexibility index (Phi) is 6.06. The molecule has 7 aromatic carbocycles. The maximum absolute atomic E-state index is 5.44. The fraction of sp³-hybridized carbons (Fsp3) is 0.0222. The molecule has 0 aliphatic heterocycles. The van der Waals surface area contributed by atoms with Gasteiger partial charge < -0.3 is 0 Å². The topological polar surface area (TPSA) is 51.6 Å². The van der Waals surface area contributed by atoms with E-state index in [1.54, 1.807) is 0 Å². The summed E-state index contributed by atoms with van der Waals surface area (Å²) in [5.41, 5.74) is 6.67. The standard InChI is InChI=1S/C45H28N4/c1-3-12-31(13-4-1)42-47-43(32-20-19-30-22-23-35-34-16-8-7-11-29(34)21-24-36(35)39(30)27-32)49-44(48-42)45(33-14-5-2-6-15-33)40-18-10-9-17-37(40)38-25-26-46-28-41(38)45/h1-28H. The first-order valence-electron chi connectivity index (χ1n) is 16.6. The minimum Gasteiger partial charge on any atom is -0.264 e. The highest BCUT2D eigenvalue weighted by atomic mass is 15.0. The van der Waals surface area contributed by atoms with E-state index in [2.05, 4.69) is 145 Å². The van der Waals surface area contributed by atoms with Crippen LogP contribution >= 0.6 is 0 Å². The van der Waals surface area contributed by atoms with Crippen LogP contribution in [0.2, 0.25) is 0 Å². The summed E-state index contributed by atoms with van der Waals surface area (Å²) in [4.78, 5) is 20.6. The Morgan fingerprint density at radius 3 is 1.88 bits per heavy atom. The molecule has 4 heteroatoms. The predicted molar refractivity (Wildman–Crippen MR) is 198 cm³/mol. The van der Waals surface area contributed by atoms with Gasteiger partial charge >= 0.3 is 0 Å². The van der Waals surface area contributed by atoms with Gasteiger partial charge in [0.1, 0.15) is 5.41 Å². The van der Waals surface area contributed by atoms with Crippen molar-refractivity contribution in [1.29, 1.82) is 0 Å². The number of hydrogen-bond acceptors (Lipinski definition) is 4. The lowest BCUT2D eigenvalue weighted by molar-refractivity contribution is 0.689. The first kappa shape index (κ1) is 27.6. The van der Waals surface area contributed by atoms with Gasteiger partial charge in [-0.2, -0.15) is 0 Å². The van der Waals surface area contributed by atoms with Crippen LogP contribution in [-0.4, -0.2) is 19.9 Å². The number of fused-ring (bicyclic) bond motifs is 8. The number of benzene rings is 7. The number of pyridine rings is 1. The van der Waals surface area contributed by atoms with Gasteiger partial charge in [-0.15, -0.1) is 0 Å². The molecular formula is C45H28N4. The van der Waals surface area contributed by atoms with Crippen LogP contribution in [0.25, 0.3) is 66.2 Å². The van der Waals surface area contributed by atoms with Crippen LogP contribution in [0.1, 0.15) is 22.5 Å². The second-order valence-corrected chi connectivity index (χ2v) is 12.6. The van der Waals surface area contributed by atoms with Crippen LogP contribution in [0.15, 0.2) is 170 Å². The molecule has 0 amide bonds. The quantitative estimate of drug-likeness (QED) is 0.183. The Bertz CT molecular complexity index is 2670. The third kappa shape index (κ3) is 4.11. The minimum atomic E-state index is -0.800. The van der Waals surface area contributed by atoms with Gasteiger partial charge in [-0.05, 0) is 66.7 Å². The Labute approximate surface area is 283 Å². The monoisotopic (exact) mass is 624 g/mol. The SMILES string of the molecule is c1ccc(-c2nc(-c3ccc4ccc5c6ccccc6ccc5c4c3)nc(C3(c4ccccc4)c4ccccc4-c4ccncc43)n2)cc1. The lowest BCUT2D eigenvalue weighted by Gasteiger charge is -2.31. The van der Waals surface area contributed by atoms with Crippen molar-refractivity contribution in [3.05, 3.63) is 193 Å². The fourth-order valence-corrected chi connectivity index (χ4v) is 7.83. The summed E-state index contributed by atoms with van der Waals surface area (Å²) < 4.78 is 0. The molecule has 2 aromatic heterocycles. The maximum atomic E-state index is 5.44. The number of hydrogen-bond donors (Lipinski definition) is 0. The van der Waals surface area contributed by atoms with Crippen molar-refractivity contribution in [3.8, 4) is 33.9 Å². The molecule has 1 aliphatic rings. The molecular weight excluding hydrogens is 597 g/mol. The zero-order chi connectivity index (χ0) is 32.4. The van der Waals surface area contributed by atoms with E-state index in [-0.39, 0.29) is 0 Å². The van der Waals surface area contributed by atoms with Crippen molar-refractivity contribution in [2.24, 2.45) is 0 Å². The normalized spacial score (nSPS) is 15.0.